The fourth-order valence-electron chi connectivity index (χ4n) is 2.57. The Kier molecular flexibility index (Phi) is 4.38. The molecule has 1 saturated carbocycles. The van der Waals surface area contributed by atoms with E-state index >= 15 is 0 Å². The molecule has 2 aliphatic rings. The van der Waals surface area contributed by atoms with Crippen LogP contribution in [0.15, 0.2) is 24.3 Å². The molecule has 2 amide bonds. The zero-order valence-corrected chi connectivity index (χ0v) is 12.4. The van der Waals surface area contributed by atoms with Gasteiger partial charge in [-0.05, 0) is 30.5 Å². The summed E-state index contributed by atoms with van der Waals surface area (Å²) in [6.45, 7) is 2.31. The lowest BCUT2D eigenvalue weighted by atomic mass is 10.2. The molecule has 6 heteroatoms. The minimum absolute atomic E-state index is 0.00212. The number of carbonyl (C=O) groups is 2. The molecule has 0 bridgehead atoms. The topological polar surface area (TPSA) is 52.7 Å². The minimum atomic E-state index is -0.276. The summed E-state index contributed by atoms with van der Waals surface area (Å²) in [5, 5.41) is 2.93. The van der Waals surface area contributed by atoms with Crippen molar-refractivity contribution >= 4 is 11.8 Å². The number of nitrogens with one attached hydrogen (secondary N) is 1. The van der Waals surface area contributed by atoms with Crippen LogP contribution >= 0.6 is 0 Å². The second-order valence-corrected chi connectivity index (χ2v) is 5.99. The van der Waals surface area contributed by atoms with Crippen LogP contribution in [0.3, 0.4) is 0 Å². The average molecular weight is 305 g/mol. The lowest BCUT2D eigenvalue weighted by molar-refractivity contribution is -0.137. The molecule has 0 radical (unpaired) electrons. The number of rotatable bonds is 5. The first-order valence-corrected chi connectivity index (χ1v) is 7.64. The number of halogens is 1. The van der Waals surface area contributed by atoms with Crippen molar-refractivity contribution in [1.82, 2.24) is 15.1 Å². The van der Waals surface area contributed by atoms with Gasteiger partial charge in [-0.2, -0.15) is 0 Å². The standard InChI is InChI=1S/C16H20FN3O2/c17-13-3-1-12(2-4-13)9-20-8-7-19(11-16(20)22)10-15(21)18-14-5-6-14/h1-4,14H,5-11H2,(H,18,21). The van der Waals surface area contributed by atoms with Crippen molar-refractivity contribution in [2.75, 3.05) is 26.2 Å². The predicted molar refractivity (Wildman–Crippen MR) is 79.4 cm³/mol. The SMILES string of the molecule is O=C(CN1CCN(Cc2ccc(F)cc2)C(=O)C1)NC1CC1. The molecule has 1 aromatic rings. The number of benzene rings is 1. The summed E-state index contributed by atoms with van der Waals surface area (Å²) in [4.78, 5) is 27.6. The Morgan fingerprint density at radius 2 is 1.95 bits per heavy atom. The van der Waals surface area contributed by atoms with Crippen molar-refractivity contribution in [3.8, 4) is 0 Å². The highest BCUT2D eigenvalue weighted by Gasteiger charge is 2.27. The van der Waals surface area contributed by atoms with Gasteiger partial charge in [0.05, 0.1) is 13.1 Å². The monoisotopic (exact) mass is 305 g/mol. The van der Waals surface area contributed by atoms with Gasteiger partial charge in [0.25, 0.3) is 0 Å². The Balaban J connectivity index is 1.48. The molecule has 1 saturated heterocycles. The van der Waals surface area contributed by atoms with Gasteiger partial charge in [-0.25, -0.2) is 4.39 Å². The van der Waals surface area contributed by atoms with Crippen molar-refractivity contribution < 1.29 is 14.0 Å². The summed E-state index contributed by atoms with van der Waals surface area (Å²) in [5.74, 6) is -0.265. The van der Waals surface area contributed by atoms with E-state index in [-0.39, 0.29) is 30.7 Å². The van der Waals surface area contributed by atoms with E-state index in [0.29, 0.717) is 25.7 Å². The molecule has 0 aromatic heterocycles. The molecule has 5 nitrogen and oxygen atoms in total. The fourth-order valence-corrected chi connectivity index (χ4v) is 2.57. The first-order valence-electron chi connectivity index (χ1n) is 7.64. The maximum Gasteiger partial charge on any atom is 0.237 e. The molecule has 1 heterocycles. The second kappa shape index (κ2) is 6.44. The Bertz CT molecular complexity index is 557. The van der Waals surface area contributed by atoms with Crippen molar-refractivity contribution in [2.45, 2.75) is 25.4 Å². The largest absolute Gasteiger partial charge is 0.352 e. The van der Waals surface area contributed by atoms with Gasteiger partial charge in [-0.3, -0.25) is 14.5 Å². The third kappa shape index (κ3) is 4.04. The van der Waals surface area contributed by atoms with Gasteiger partial charge in [0.2, 0.25) is 11.8 Å². The van der Waals surface area contributed by atoms with Crippen molar-refractivity contribution in [1.29, 1.82) is 0 Å². The molecule has 3 rings (SSSR count). The Morgan fingerprint density at radius 3 is 2.59 bits per heavy atom. The van der Waals surface area contributed by atoms with E-state index in [4.69, 9.17) is 0 Å². The lowest BCUT2D eigenvalue weighted by Gasteiger charge is -2.34. The van der Waals surface area contributed by atoms with Crippen LogP contribution in [0.5, 0.6) is 0 Å². The molecular weight excluding hydrogens is 285 g/mol. The molecule has 0 atom stereocenters. The number of hydrogen-bond donors (Lipinski definition) is 1. The van der Waals surface area contributed by atoms with Crippen molar-refractivity contribution in [2.24, 2.45) is 0 Å². The van der Waals surface area contributed by atoms with Crippen LogP contribution in [0.1, 0.15) is 18.4 Å². The van der Waals surface area contributed by atoms with Crippen molar-refractivity contribution in [3.05, 3.63) is 35.6 Å². The first kappa shape index (κ1) is 15.0. The second-order valence-electron chi connectivity index (χ2n) is 5.99. The van der Waals surface area contributed by atoms with E-state index in [1.807, 2.05) is 4.90 Å². The van der Waals surface area contributed by atoms with Gasteiger partial charge in [0.1, 0.15) is 5.82 Å². The summed E-state index contributed by atoms with van der Waals surface area (Å²) in [5.41, 5.74) is 0.912. The molecule has 2 fully saturated rings. The number of carbonyl (C=O) groups excluding carboxylic acids is 2. The van der Waals surface area contributed by atoms with Gasteiger partial charge in [0.15, 0.2) is 0 Å². The first-order chi connectivity index (χ1) is 10.6. The molecule has 22 heavy (non-hydrogen) atoms. The van der Waals surface area contributed by atoms with E-state index in [2.05, 4.69) is 5.32 Å². The lowest BCUT2D eigenvalue weighted by Crippen LogP contribution is -2.52. The van der Waals surface area contributed by atoms with E-state index in [9.17, 15) is 14.0 Å². The molecule has 0 spiro atoms. The van der Waals surface area contributed by atoms with Crippen LogP contribution < -0.4 is 5.32 Å². The Labute approximate surface area is 129 Å². The molecule has 1 aromatic carbocycles. The van der Waals surface area contributed by atoms with Crippen LogP contribution in [-0.2, 0) is 16.1 Å². The summed E-state index contributed by atoms with van der Waals surface area (Å²) >= 11 is 0. The van der Waals surface area contributed by atoms with Gasteiger partial charge in [-0.1, -0.05) is 12.1 Å². The van der Waals surface area contributed by atoms with Crippen molar-refractivity contribution in [3.63, 3.8) is 0 Å². The highest BCUT2D eigenvalue weighted by Crippen LogP contribution is 2.18. The predicted octanol–water partition coefficient (Wildman–Crippen LogP) is 0.748. The summed E-state index contributed by atoms with van der Waals surface area (Å²) in [7, 11) is 0. The number of hydrogen-bond acceptors (Lipinski definition) is 3. The van der Waals surface area contributed by atoms with E-state index in [0.717, 1.165) is 18.4 Å². The van der Waals surface area contributed by atoms with Crippen LogP contribution in [0.4, 0.5) is 4.39 Å². The van der Waals surface area contributed by atoms with Gasteiger partial charge in [-0.15, -0.1) is 0 Å². The van der Waals surface area contributed by atoms with E-state index in [1.165, 1.54) is 12.1 Å². The van der Waals surface area contributed by atoms with E-state index in [1.54, 1.807) is 17.0 Å². The number of nitrogens with zero attached hydrogens (tertiary/aromatic N) is 2. The third-order valence-electron chi connectivity index (χ3n) is 3.99. The average Bonchev–Trinajstić information content (AvgIpc) is 3.28. The fraction of sp³-hybridized carbons (Fsp3) is 0.500. The van der Waals surface area contributed by atoms with E-state index < -0.39 is 0 Å². The smallest absolute Gasteiger partial charge is 0.237 e. The molecule has 0 unspecified atom stereocenters. The Morgan fingerprint density at radius 1 is 1.23 bits per heavy atom. The Hall–Kier alpha value is -1.95. The number of amides is 2. The zero-order chi connectivity index (χ0) is 15.5. The molecule has 1 N–H and O–H groups in total. The highest BCUT2D eigenvalue weighted by molar-refractivity contribution is 5.82. The van der Waals surface area contributed by atoms with Crippen LogP contribution in [0, 0.1) is 5.82 Å². The molecular formula is C16H20FN3O2. The molecule has 1 aliphatic carbocycles. The van der Waals surface area contributed by atoms with Crippen LogP contribution in [0.25, 0.3) is 0 Å². The van der Waals surface area contributed by atoms with Gasteiger partial charge in [0, 0.05) is 25.7 Å². The van der Waals surface area contributed by atoms with Crippen LogP contribution in [-0.4, -0.2) is 53.8 Å². The molecule has 118 valence electrons. The molecule has 1 aliphatic heterocycles. The zero-order valence-electron chi connectivity index (χ0n) is 12.4. The maximum atomic E-state index is 12.9. The summed E-state index contributed by atoms with van der Waals surface area (Å²) < 4.78 is 12.9. The highest BCUT2D eigenvalue weighted by atomic mass is 19.1. The summed E-state index contributed by atoms with van der Waals surface area (Å²) in [6.07, 6.45) is 2.13. The van der Waals surface area contributed by atoms with Crippen LogP contribution in [0.2, 0.25) is 0 Å². The minimum Gasteiger partial charge on any atom is -0.352 e. The summed E-state index contributed by atoms with van der Waals surface area (Å²) in [6, 6.07) is 6.54. The van der Waals surface area contributed by atoms with Gasteiger partial charge >= 0.3 is 0 Å². The quantitative estimate of drug-likeness (QED) is 0.873. The number of piperazine rings is 1. The third-order valence-corrected chi connectivity index (χ3v) is 3.99. The normalized spacial score (nSPS) is 19.3. The van der Waals surface area contributed by atoms with Gasteiger partial charge < -0.3 is 10.2 Å². The maximum absolute atomic E-state index is 12.9.